The molecule has 2 aliphatic heterocycles. The number of amides is 2. The second-order valence-corrected chi connectivity index (χ2v) is 7.27. The Kier molecular flexibility index (Phi) is 6.23. The molecule has 0 aromatic carbocycles. The molecule has 0 unspecified atom stereocenters. The van der Waals surface area contributed by atoms with Gasteiger partial charge in [-0.1, -0.05) is 6.07 Å². The zero-order chi connectivity index (χ0) is 16.8. The van der Waals surface area contributed by atoms with Crippen LogP contribution in [0.15, 0.2) is 17.5 Å². The lowest BCUT2D eigenvalue weighted by Crippen LogP contribution is -2.50. The number of likely N-dealkylation sites (tertiary alicyclic amines) is 1. The number of rotatable bonds is 6. The number of thiophene rings is 1. The van der Waals surface area contributed by atoms with Gasteiger partial charge < -0.3 is 15.0 Å². The Labute approximate surface area is 146 Å². The highest BCUT2D eigenvalue weighted by molar-refractivity contribution is 7.09. The van der Waals surface area contributed by atoms with E-state index < -0.39 is 0 Å². The van der Waals surface area contributed by atoms with Crippen molar-refractivity contribution in [1.29, 1.82) is 0 Å². The van der Waals surface area contributed by atoms with E-state index in [0.29, 0.717) is 45.8 Å². The normalized spacial score (nSPS) is 21.8. The molecule has 0 radical (unpaired) electrons. The first-order chi connectivity index (χ1) is 11.7. The van der Waals surface area contributed by atoms with Crippen LogP contribution in [-0.2, 0) is 20.9 Å². The van der Waals surface area contributed by atoms with Gasteiger partial charge in [0.1, 0.15) is 0 Å². The molecule has 6 nitrogen and oxygen atoms in total. The fourth-order valence-corrected chi connectivity index (χ4v) is 3.94. The number of morpholine rings is 1. The Hall–Kier alpha value is -1.44. The summed E-state index contributed by atoms with van der Waals surface area (Å²) < 4.78 is 5.32. The molecule has 0 aliphatic carbocycles. The molecule has 24 heavy (non-hydrogen) atoms. The van der Waals surface area contributed by atoms with Crippen molar-refractivity contribution in [2.45, 2.75) is 31.8 Å². The van der Waals surface area contributed by atoms with E-state index in [9.17, 15) is 9.59 Å². The minimum Gasteiger partial charge on any atom is -0.378 e. The largest absolute Gasteiger partial charge is 0.378 e. The van der Waals surface area contributed by atoms with Gasteiger partial charge in [0.15, 0.2) is 0 Å². The number of carbonyl (C=O) groups excluding carboxylic acids is 2. The molecule has 1 N–H and O–H groups in total. The molecular formula is C17H25N3O3S. The van der Waals surface area contributed by atoms with Crippen LogP contribution in [0.3, 0.4) is 0 Å². The first-order valence-corrected chi connectivity index (χ1v) is 9.51. The van der Waals surface area contributed by atoms with Gasteiger partial charge in [-0.15, -0.1) is 11.3 Å². The van der Waals surface area contributed by atoms with Crippen LogP contribution in [0.2, 0.25) is 0 Å². The van der Waals surface area contributed by atoms with Gasteiger partial charge in [-0.05, 0) is 30.8 Å². The SMILES string of the molecule is O=C(CCN1CCC[C@H]1C(=O)N1CCOCC1)NCc1cccs1. The maximum absolute atomic E-state index is 12.7. The summed E-state index contributed by atoms with van der Waals surface area (Å²) in [7, 11) is 0. The lowest BCUT2D eigenvalue weighted by molar-refractivity contribution is -0.140. The predicted octanol–water partition coefficient (Wildman–Crippen LogP) is 1.08. The lowest BCUT2D eigenvalue weighted by atomic mass is 10.1. The van der Waals surface area contributed by atoms with E-state index in [1.807, 2.05) is 22.4 Å². The molecule has 1 aromatic heterocycles. The van der Waals surface area contributed by atoms with Gasteiger partial charge in [-0.3, -0.25) is 14.5 Å². The fourth-order valence-electron chi connectivity index (χ4n) is 3.30. The highest BCUT2D eigenvalue weighted by atomic mass is 32.1. The summed E-state index contributed by atoms with van der Waals surface area (Å²) in [4.78, 5) is 29.9. The smallest absolute Gasteiger partial charge is 0.240 e. The van der Waals surface area contributed by atoms with E-state index >= 15 is 0 Å². The van der Waals surface area contributed by atoms with E-state index in [4.69, 9.17) is 4.74 Å². The van der Waals surface area contributed by atoms with Crippen molar-refractivity contribution < 1.29 is 14.3 Å². The highest BCUT2D eigenvalue weighted by Gasteiger charge is 2.34. The second kappa shape index (κ2) is 8.60. The second-order valence-electron chi connectivity index (χ2n) is 6.24. The molecule has 0 spiro atoms. The van der Waals surface area contributed by atoms with Crippen LogP contribution >= 0.6 is 11.3 Å². The third-order valence-electron chi connectivity index (χ3n) is 4.64. The van der Waals surface area contributed by atoms with Crippen LogP contribution in [0.25, 0.3) is 0 Å². The summed E-state index contributed by atoms with van der Waals surface area (Å²) >= 11 is 1.64. The van der Waals surface area contributed by atoms with E-state index in [1.165, 1.54) is 0 Å². The van der Waals surface area contributed by atoms with Gasteiger partial charge in [0.25, 0.3) is 0 Å². The summed E-state index contributed by atoms with van der Waals surface area (Å²) in [5, 5.41) is 4.96. The Balaban J connectivity index is 1.43. The molecule has 1 atom stereocenters. The average Bonchev–Trinajstić information content (AvgIpc) is 3.29. The van der Waals surface area contributed by atoms with Crippen molar-refractivity contribution in [1.82, 2.24) is 15.1 Å². The highest BCUT2D eigenvalue weighted by Crippen LogP contribution is 2.20. The predicted molar refractivity (Wildman–Crippen MR) is 92.8 cm³/mol. The van der Waals surface area contributed by atoms with Crippen LogP contribution in [0, 0.1) is 0 Å². The van der Waals surface area contributed by atoms with E-state index in [0.717, 1.165) is 24.3 Å². The van der Waals surface area contributed by atoms with E-state index in [2.05, 4.69) is 10.2 Å². The van der Waals surface area contributed by atoms with Gasteiger partial charge >= 0.3 is 0 Å². The van der Waals surface area contributed by atoms with Crippen molar-refractivity contribution in [3.8, 4) is 0 Å². The lowest BCUT2D eigenvalue weighted by Gasteiger charge is -2.32. The number of ether oxygens (including phenoxy) is 1. The maximum Gasteiger partial charge on any atom is 0.240 e. The molecule has 3 heterocycles. The zero-order valence-corrected chi connectivity index (χ0v) is 14.7. The Bertz CT molecular complexity index is 543. The topological polar surface area (TPSA) is 61.9 Å². The molecule has 2 fully saturated rings. The van der Waals surface area contributed by atoms with Crippen molar-refractivity contribution in [3.05, 3.63) is 22.4 Å². The van der Waals surface area contributed by atoms with Gasteiger partial charge in [0.05, 0.1) is 25.8 Å². The Morgan fingerprint density at radius 3 is 2.88 bits per heavy atom. The molecular weight excluding hydrogens is 326 g/mol. The quantitative estimate of drug-likeness (QED) is 0.833. The third-order valence-corrected chi connectivity index (χ3v) is 5.51. The standard InChI is InChI=1S/C17H25N3O3S/c21-16(18-13-14-3-2-12-24-14)5-7-19-6-1-4-15(19)17(22)20-8-10-23-11-9-20/h2-3,12,15H,1,4-11,13H2,(H,18,21)/t15-/m0/s1. The van der Waals surface area contributed by atoms with E-state index in [-0.39, 0.29) is 17.9 Å². The molecule has 7 heteroatoms. The van der Waals surface area contributed by atoms with Crippen molar-refractivity contribution in [2.75, 3.05) is 39.4 Å². The molecule has 2 amide bonds. The van der Waals surface area contributed by atoms with E-state index in [1.54, 1.807) is 11.3 Å². The Morgan fingerprint density at radius 2 is 2.12 bits per heavy atom. The Morgan fingerprint density at radius 1 is 1.29 bits per heavy atom. The van der Waals surface area contributed by atoms with Crippen LogP contribution in [0.4, 0.5) is 0 Å². The summed E-state index contributed by atoms with van der Waals surface area (Å²) in [6.07, 6.45) is 2.36. The summed E-state index contributed by atoms with van der Waals surface area (Å²) in [5.74, 6) is 0.252. The zero-order valence-electron chi connectivity index (χ0n) is 13.9. The van der Waals surface area contributed by atoms with Crippen LogP contribution in [0.5, 0.6) is 0 Å². The average molecular weight is 351 g/mol. The molecule has 2 saturated heterocycles. The summed E-state index contributed by atoms with van der Waals surface area (Å²) in [6.45, 7) is 4.77. The summed E-state index contributed by atoms with van der Waals surface area (Å²) in [6, 6.07) is 3.94. The molecule has 0 saturated carbocycles. The van der Waals surface area contributed by atoms with Gasteiger partial charge in [-0.2, -0.15) is 0 Å². The third kappa shape index (κ3) is 4.55. The molecule has 0 bridgehead atoms. The minimum absolute atomic E-state index is 0.0490. The number of hydrogen-bond acceptors (Lipinski definition) is 5. The van der Waals surface area contributed by atoms with Crippen molar-refractivity contribution >= 4 is 23.2 Å². The van der Waals surface area contributed by atoms with Crippen molar-refractivity contribution in [2.24, 2.45) is 0 Å². The van der Waals surface area contributed by atoms with Gasteiger partial charge in [0, 0.05) is 30.9 Å². The first kappa shape index (κ1) is 17.4. The molecule has 2 aliphatic rings. The van der Waals surface area contributed by atoms with Crippen LogP contribution in [-0.4, -0.2) is 67.0 Å². The number of hydrogen-bond donors (Lipinski definition) is 1. The number of nitrogens with one attached hydrogen (secondary N) is 1. The van der Waals surface area contributed by atoms with Crippen LogP contribution < -0.4 is 5.32 Å². The molecule has 132 valence electrons. The molecule has 3 rings (SSSR count). The maximum atomic E-state index is 12.7. The first-order valence-electron chi connectivity index (χ1n) is 8.64. The van der Waals surface area contributed by atoms with Crippen molar-refractivity contribution in [3.63, 3.8) is 0 Å². The van der Waals surface area contributed by atoms with Gasteiger partial charge in [0.2, 0.25) is 11.8 Å². The fraction of sp³-hybridized carbons (Fsp3) is 0.647. The number of nitrogens with zero attached hydrogens (tertiary/aromatic N) is 2. The monoisotopic (exact) mass is 351 g/mol. The van der Waals surface area contributed by atoms with Crippen LogP contribution in [0.1, 0.15) is 24.1 Å². The van der Waals surface area contributed by atoms with Gasteiger partial charge in [-0.25, -0.2) is 0 Å². The summed E-state index contributed by atoms with van der Waals surface area (Å²) in [5.41, 5.74) is 0. The minimum atomic E-state index is -0.0619. The number of carbonyl (C=O) groups is 2. The molecule has 1 aromatic rings.